The van der Waals surface area contributed by atoms with Crippen molar-refractivity contribution >= 4 is 11.4 Å². The zero-order valence-corrected chi connectivity index (χ0v) is 14.1. The van der Waals surface area contributed by atoms with Crippen molar-refractivity contribution in [1.29, 1.82) is 0 Å². The van der Waals surface area contributed by atoms with Gasteiger partial charge in [0.1, 0.15) is 23.1 Å². The number of aromatic hydroxyl groups is 1. The molecule has 0 radical (unpaired) electrons. The minimum absolute atomic E-state index is 0.398. The third kappa shape index (κ3) is 3.31. The second-order valence-corrected chi connectivity index (χ2v) is 5.72. The number of hydrogen-bond acceptors (Lipinski definition) is 3. The van der Waals surface area contributed by atoms with E-state index in [1.807, 2.05) is 0 Å². The zero-order valence-electron chi connectivity index (χ0n) is 14.1. The number of phenols is 1. The maximum absolute atomic E-state index is 14.2. The van der Waals surface area contributed by atoms with Crippen molar-refractivity contribution < 1.29 is 23.0 Å². The van der Waals surface area contributed by atoms with Crippen LogP contribution in [0, 0.1) is 17.5 Å². The molecule has 3 nitrogen and oxygen atoms in total. The van der Waals surface area contributed by atoms with Gasteiger partial charge in [-0.25, -0.2) is 13.2 Å². The predicted molar refractivity (Wildman–Crippen MR) is 94.5 cm³/mol. The van der Waals surface area contributed by atoms with Gasteiger partial charge in [-0.05, 0) is 47.5 Å². The molecule has 3 rings (SSSR count). The second kappa shape index (κ2) is 7.00. The maximum Gasteiger partial charge on any atom is 0.191 e. The van der Waals surface area contributed by atoms with E-state index in [9.17, 15) is 18.3 Å². The molecule has 0 saturated carbocycles. The van der Waals surface area contributed by atoms with Crippen LogP contribution in [0.25, 0.3) is 11.1 Å². The second-order valence-electron chi connectivity index (χ2n) is 5.72. The molecule has 6 heteroatoms. The van der Waals surface area contributed by atoms with Crippen LogP contribution in [0.15, 0.2) is 54.6 Å². The molecule has 0 bridgehead atoms. The Morgan fingerprint density at radius 3 is 2.38 bits per heavy atom. The van der Waals surface area contributed by atoms with Crippen molar-refractivity contribution in [1.82, 2.24) is 0 Å². The molecule has 1 N–H and O–H groups in total. The first-order chi connectivity index (χ1) is 12.4. The highest BCUT2D eigenvalue weighted by Gasteiger charge is 2.19. The minimum Gasteiger partial charge on any atom is -0.505 e. The summed E-state index contributed by atoms with van der Waals surface area (Å²) in [5.41, 5.74) is 1.22. The van der Waals surface area contributed by atoms with Gasteiger partial charge in [-0.15, -0.1) is 0 Å². The third-order valence-electron chi connectivity index (χ3n) is 4.05. The molecule has 3 aromatic carbocycles. The largest absolute Gasteiger partial charge is 0.505 e. The molecule has 0 atom stereocenters. The van der Waals surface area contributed by atoms with Crippen LogP contribution in [-0.2, 0) is 0 Å². The lowest BCUT2D eigenvalue weighted by atomic mass is 10.0. The van der Waals surface area contributed by atoms with Crippen molar-refractivity contribution in [3.63, 3.8) is 0 Å². The van der Waals surface area contributed by atoms with Gasteiger partial charge in [0.05, 0.1) is 7.11 Å². The monoisotopic (exact) mass is 359 g/mol. The zero-order chi connectivity index (χ0) is 18.8. The van der Waals surface area contributed by atoms with Gasteiger partial charge in [-0.2, -0.15) is 0 Å². The number of ether oxygens (including phenoxy) is 1. The molecular formula is C20H16F3NO2. The number of benzene rings is 3. The van der Waals surface area contributed by atoms with Gasteiger partial charge in [-0.3, -0.25) is 0 Å². The van der Waals surface area contributed by atoms with E-state index in [-0.39, 0.29) is 0 Å². The van der Waals surface area contributed by atoms with Gasteiger partial charge in [-0.1, -0.05) is 12.1 Å². The molecule has 134 valence electrons. The molecule has 0 saturated heterocycles. The van der Waals surface area contributed by atoms with Crippen LogP contribution in [0.1, 0.15) is 0 Å². The SMILES string of the molecule is COc1cc(-c2cccc(F)c2)cc(N(C)c2c(F)ccc(O)c2F)c1. The summed E-state index contributed by atoms with van der Waals surface area (Å²) in [6, 6.07) is 12.8. The normalized spacial score (nSPS) is 10.7. The van der Waals surface area contributed by atoms with Crippen LogP contribution < -0.4 is 9.64 Å². The number of anilines is 2. The quantitative estimate of drug-likeness (QED) is 0.690. The molecule has 3 aromatic rings. The van der Waals surface area contributed by atoms with Gasteiger partial charge in [0.15, 0.2) is 11.6 Å². The highest BCUT2D eigenvalue weighted by Crippen LogP contribution is 2.37. The van der Waals surface area contributed by atoms with Crippen LogP contribution in [0.5, 0.6) is 11.5 Å². The topological polar surface area (TPSA) is 32.7 Å². The Morgan fingerprint density at radius 2 is 1.69 bits per heavy atom. The molecular weight excluding hydrogens is 343 g/mol. The summed E-state index contributed by atoms with van der Waals surface area (Å²) < 4.78 is 47.2. The van der Waals surface area contributed by atoms with Gasteiger partial charge < -0.3 is 14.7 Å². The van der Waals surface area contributed by atoms with E-state index in [1.165, 1.54) is 31.2 Å². The summed E-state index contributed by atoms with van der Waals surface area (Å²) in [5.74, 6) is -2.50. The summed E-state index contributed by atoms with van der Waals surface area (Å²) >= 11 is 0. The van der Waals surface area contributed by atoms with Gasteiger partial charge >= 0.3 is 0 Å². The first kappa shape index (κ1) is 17.7. The third-order valence-corrected chi connectivity index (χ3v) is 4.05. The lowest BCUT2D eigenvalue weighted by Crippen LogP contribution is -2.13. The van der Waals surface area contributed by atoms with E-state index in [1.54, 1.807) is 30.3 Å². The number of phenolic OH excluding ortho intramolecular Hbond substituents is 1. The molecule has 0 heterocycles. The Bertz CT molecular complexity index is 960. The Balaban J connectivity index is 2.14. The number of nitrogens with zero attached hydrogens (tertiary/aromatic N) is 1. The van der Waals surface area contributed by atoms with Crippen LogP contribution in [0.2, 0.25) is 0 Å². The fraction of sp³-hybridized carbons (Fsp3) is 0.100. The summed E-state index contributed by atoms with van der Waals surface area (Å²) in [7, 11) is 2.93. The van der Waals surface area contributed by atoms with Crippen LogP contribution in [0.3, 0.4) is 0 Å². The molecule has 0 fully saturated rings. The van der Waals surface area contributed by atoms with Crippen molar-refractivity contribution in [3.8, 4) is 22.6 Å². The number of rotatable bonds is 4. The molecule has 0 unspecified atom stereocenters. The Hall–Kier alpha value is -3.15. The van der Waals surface area contributed by atoms with Gasteiger partial charge in [0.25, 0.3) is 0 Å². The number of methoxy groups -OCH3 is 1. The summed E-state index contributed by atoms with van der Waals surface area (Å²) in [6.45, 7) is 0. The van der Waals surface area contributed by atoms with Crippen LogP contribution >= 0.6 is 0 Å². The fourth-order valence-electron chi connectivity index (χ4n) is 2.70. The van der Waals surface area contributed by atoms with Gasteiger partial charge in [0, 0.05) is 18.8 Å². The molecule has 0 aliphatic heterocycles. The van der Waals surface area contributed by atoms with Crippen molar-refractivity contribution in [2.45, 2.75) is 0 Å². The lowest BCUT2D eigenvalue weighted by molar-refractivity contribution is 0.415. The van der Waals surface area contributed by atoms with Crippen molar-refractivity contribution in [3.05, 3.63) is 72.0 Å². The predicted octanol–water partition coefficient (Wildman–Crippen LogP) is 5.25. The average Bonchev–Trinajstić information content (AvgIpc) is 2.64. The molecule has 0 aromatic heterocycles. The average molecular weight is 359 g/mol. The van der Waals surface area contributed by atoms with E-state index >= 15 is 0 Å². The van der Waals surface area contributed by atoms with Crippen LogP contribution in [-0.4, -0.2) is 19.3 Å². The molecule has 26 heavy (non-hydrogen) atoms. The van der Waals surface area contributed by atoms with E-state index in [4.69, 9.17) is 4.74 Å². The summed E-state index contributed by atoms with van der Waals surface area (Å²) in [6.07, 6.45) is 0. The molecule has 0 aliphatic rings. The maximum atomic E-state index is 14.2. The first-order valence-electron chi connectivity index (χ1n) is 7.76. The van der Waals surface area contributed by atoms with Crippen molar-refractivity contribution in [2.75, 3.05) is 19.1 Å². The fourth-order valence-corrected chi connectivity index (χ4v) is 2.70. The number of halogens is 3. The van der Waals surface area contributed by atoms with E-state index in [0.717, 1.165) is 12.1 Å². The highest BCUT2D eigenvalue weighted by atomic mass is 19.1. The Labute approximate surface area is 148 Å². The molecule has 0 amide bonds. The first-order valence-corrected chi connectivity index (χ1v) is 7.76. The minimum atomic E-state index is -1.07. The molecule has 0 aliphatic carbocycles. The highest BCUT2D eigenvalue weighted by molar-refractivity contribution is 5.75. The van der Waals surface area contributed by atoms with E-state index in [0.29, 0.717) is 22.6 Å². The van der Waals surface area contributed by atoms with Crippen molar-refractivity contribution in [2.24, 2.45) is 0 Å². The molecule has 0 spiro atoms. The smallest absolute Gasteiger partial charge is 0.191 e. The Kier molecular flexibility index (Phi) is 4.75. The number of hydrogen-bond donors (Lipinski definition) is 1. The lowest BCUT2D eigenvalue weighted by Gasteiger charge is -2.22. The van der Waals surface area contributed by atoms with E-state index in [2.05, 4.69) is 0 Å². The Morgan fingerprint density at radius 1 is 0.923 bits per heavy atom. The standard InChI is InChI=1S/C20H16F3NO2/c1-24(20-17(22)6-7-18(25)19(20)23)15-9-13(10-16(11-15)26-2)12-4-3-5-14(21)8-12/h3-11,25H,1-2H3. The summed E-state index contributed by atoms with van der Waals surface area (Å²) in [4.78, 5) is 1.26. The van der Waals surface area contributed by atoms with E-state index < -0.39 is 28.9 Å². The van der Waals surface area contributed by atoms with Crippen LogP contribution in [0.4, 0.5) is 24.5 Å². The van der Waals surface area contributed by atoms with Gasteiger partial charge in [0.2, 0.25) is 0 Å². The summed E-state index contributed by atoms with van der Waals surface area (Å²) in [5, 5.41) is 9.55.